The molecule has 0 atom stereocenters. The van der Waals surface area contributed by atoms with Crippen molar-refractivity contribution in [3.8, 4) is 11.8 Å². The fourth-order valence-electron chi connectivity index (χ4n) is 1.55. The van der Waals surface area contributed by atoms with Crippen molar-refractivity contribution in [1.82, 2.24) is 15.5 Å². The second-order valence-corrected chi connectivity index (χ2v) is 3.95. The van der Waals surface area contributed by atoms with Crippen molar-refractivity contribution in [1.29, 1.82) is 0 Å². The first-order valence-corrected chi connectivity index (χ1v) is 5.96. The van der Waals surface area contributed by atoms with Crippen LogP contribution in [0.3, 0.4) is 0 Å². The Kier molecular flexibility index (Phi) is 4.47. The highest BCUT2D eigenvalue weighted by molar-refractivity contribution is 5.94. The summed E-state index contributed by atoms with van der Waals surface area (Å²) in [5, 5.41) is 15.0. The summed E-state index contributed by atoms with van der Waals surface area (Å²) in [7, 11) is 0. The maximum absolute atomic E-state index is 12.0. The quantitative estimate of drug-likeness (QED) is 0.800. The summed E-state index contributed by atoms with van der Waals surface area (Å²) >= 11 is 0. The van der Waals surface area contributed by atoms with Crippen molar-refractivity contribution in [3.05, 3.63) is 47.1 Å². The molecule has 102 valence electrons. The van der Waals surface area contributed by atoms with Crippen LogP contribution < -0.4 is 5.32 Å². The van der Waals surface area contributed by atoms with Crippen LogP contribution in [0.15, 0.2) is 28.8 Å². The van der Waals surface area contributed by atoms with E-state index in [-0.39, 0.29) is 19.1 Å². The first kappa shape index (κ1) is 13.8. The molecule has 0 unspecified atom stereocenters. The summed E-state index contributed by atoms with van der Waals surface area (Å²) in [6.07, 6.45) is 0. The lowest BCUT2D eigenvalue weighted by Gasteiger charge is -2.02. The number of aliphatic hydroxyl groups excluding tert-OH is 1. The van der Waals surface area contributed by atoms with Crippen LogP contribution >= 0.6 is 0 Å². The Bertz CT molecular complexity index is 668. The molecule has 0 saturated heterocycles. The first-order valence-electron chi connectivity index (χ1n) is 5.96. The van der Waals surface area contributed by atoms with Crippen molar-refractivity contribution in [3.63, 3.8) is 0 Å². The van der Waals surface area contributed by atoms with Gasteiger partial charge in [0.15, 0.2) is 5.82 Å². The predicted octanol–water partition coefficient (Wildman–Crippen LogP) is 0.652. The summed E-state index contributed by atoms with van der Waals surface area (Å²) in [5.41, 5.74) is 1.15. The van der Waals surface area contributed by atoms with Crippen LogP contribution in [0.2, 0.25) is 0 Å². The van der Waals surface area contributed by atoms with E-state index in [0.29, 0.717) is 22.8 Å². The number of amides is 1. The molecule has 2 N–H and O–H groups in total. The minimum Gasteiger partial charge on any atom is -0.384 e. The molecule has 0 radical (unpaired) electrons. The molecule has 6 nitrogen and oxygen atoms in total. The smallest absolute Gasteiger partial charge is 0.251 e. The average Bonchev–Trinajstić information content (AvgIpc) is 2.88. The zero-order chi connectivity index (χ0) is 14.4. The highest BCUT2D eigenvalue weighted by Gasteiger charge is 2.08. The molecule has 6 heteroatoms. The van der Waals surface area contributed by atoms with Gasteiger partial charge in [-0.1, -0.05) is 23.1 Å². The monoisotopic (exact) mass is 271 g/mol. The fraction of sp³-hybridized carbons (Fsp3) is 0.214. The molecule has 1 heterocycles. The van der Waals surface area contributed by atoms with Gasteiger partial charge >= 0.3 is 0 Å². The Morgan fingerprint density at radius 2 is 2.35 bits per heavy atom. The zero-order valence-electron chi connectivity index (χ0n) is 10.9. The molecule has 20 heavy (non-hydrogen) atoms. The van der Waals surface area contributed by atoms with Crippen molar-refractivity contribution in [2.75, 3.05) is 6.61 Å². The minimum atomic E-state index is -0.250. The second-order valence-electron chi connectivity index (χ2n) is 3.95. The molecule has 1 aromatic carbocycles. The van der Waals surface area contributed by atoms with Crippen LogP contribution in [0.5, 0.6) is 0 Å². The van der Waals surface area contributed by atoms with Crippen LogP contribution in [-0.2, 0) is 6.54 Å². The second kappa shape index (κ2) is 6.50. The molecule has 1 amide bonds. The van der Waals surface area contributed by atoms with E-state index in [2.05, 4.69) is 27.3 Å². The van der Waals surface area contributed by atoms with Gasteiger partial charge in [0.25, 0.3) is 5.91 Å². The van der Waals surface area contributed by atoms with Gasteiger partial charge in [0.1, 0.15) is 6.61 Å². The maximum Gasteiger partial charge on any atom is 0.251 e. The summed E-state index contributed by atoms with van der Waals surface area (Å²) < 4.78 is 4.81. The van der Waals surface area contributed by atoms with E-state index in [9.17, 15) is 4.79 Å². The SMILES string of the molecule is Cc1nc(CNC(=O)c2cccc(C#CCO)c2)no1. The number of rotatable bonds is 3. The minimum absolute atomic E-state index is 0.197. The maximum atomic E-state index is 12.0. The molecule has 1 aromatic heterocycles. The van der Waals surface area contributed by atoms with Crippen molar-refractivity contribution in [2.24, 2.45) is 0 Å². The number of nitrogens with zero attached hydrogens (tertiary/aromatic N) is 2. The number of aliphatic hydroxyl groups is 1. The Labute approximate surface area is 115 Å². The Morgan fingerprint density at radius 1 is 1.50 bits per heavy atom. The predicted molar refractivity (Wildman–Crippen MR) is 70.6 cm³/mol. The summed E-state index contributed by atoms with van der Waals surface area (Å²) in [4.78, 5) is 15.9. The van der Waals surface area contributed by atoms with Gasteiger partial charge in [0.05, 0.1) is 6.54 Å². The summed E-state index contributed by atoms with van der Waals surface area (Å²) in [6.45, 7) is 1.66. The van der Waals surface area contributed by atoms with Crippen molar-refractivity contribution in [2.45, 2.75) is 13.5 Å². The Morgan fingerprint density at radius 3 is 3.05 bits per heavy atom. The van der Waals surface area contributed by atoms with Gasteiger partial charge in [-0.2, -0.15) is 4.98 Å². The molecular formula is C14H13N3O3. The summed E-state index contributed by atoms with van der Waals surface area (Å²) in [6, 6.07) is 6.83. The third kappa shape index (κ3) is 3.67. The van der Waals surface area contributed by atoms with E-state index in [0.717, 1.165) is 0 Å². The van der Waals surface area contributed by atoms with E-state index >= 15 is 0 Å². The first-order chi connectivity index (χ1) is 9.69. The third-order valence-electron chi connectivity index (χ3n) is 2.41. The Hall–Kier alpha value is -2.65. The summed E-state index contributed by atoms with van der Waals surface area (Å²) in [5.74, 6) is 5.91. The molecule has 0 aliphatic heterocycles. The van der Waals surface area contributed by atoms with E-state index in [1.165, 1.54) is 0 Å². The van der Waals surface area contributed by atoms with Crippen LogP contribution in [0.1, 0.15) is 27.6 Å². The molecule has 0 aliphatic carbocycles. The largest absolute Gasteiger partial charge is 0.384 e. The van der Waals surface area contributed by atoms with Gasteiger partial charge < -0.3 is 14.9 Å². The van der Waals surface area contributed by atoms with Crippen LogP contribution in [0, 0.1) is 18.8 Å². The van der Waals surface area contributed by atoms with Gasteiger partial charge in [-0.15, -0.1) is 0 Å². The number of hydrogen-bond donors (Lipinski definition) is 2. The third-order valence-corrected chi connectivity index (χ3v) is 2.41. The van der Waals surface area contributed by atoms with Gasteiger partial charge in [0, 0.05) is 18.1 Å². The number of nitrogens with one attached hydrogen (secondary N) is 1. The number of benzene rings is 1. The van der Waals surface area contributed by atoms with E-state index < -0.39 is 0 Å². The number of hydrogen-bond acceptors (Lipinski definition) is 5. The highest BCUT2D eigenvalue weighted by Crippen LogP contribution is 2.04. The standard InChI is InChI=1S/C14H13N3O3/c1-10-16-13(17-20-10)9-15-14(19)12-6-2-4-11(8-12)5-3-7-18/h2,4,6,8,18H,7,9H2,1H3,(H,15,19). The lowest BCUT2D eigenvalue weighted by molar-refractivity contribution is 0.0949. The van der Waals surface area contributed by atoms with E-state index in [4.69, 9.17) is 9.63 Å². The number of carbonyl (C=O) groups is 1. The Balaban J connectivity index is 2.01. The normalized spacial score (nSPS) is 9.70. The molecule has 2 aromatic rings. The molecule has 2 rings (SSSR count). The molecule has 0 spiro atoms. The molecular weight excluding hydrogens is 258 g/mol. The van der Waals surface area contributed by atoms with Crippen molar-refractivity contribution < 1.29 is 14.4 Å². The molecule has 0 saturated carbocycles. The van der Waals surface area contributed by atoms with Gasteiger partial charge in [-0.3, -0.25) is 4.79 Å². The lowest BCUT2D eigenvalue weighted by Crippen LogP contribution is -2.23. The van der Waals surface area contributed by atoms with Crippen LogP contribution in [0.25, 0.3) is 0 Å². The zero-order valence-corrected chi connectivity index (χ0v) is 10.9. The average molecular weight is 271 g/mol. The number of aryl methyl sites for hydroxylation is 1. The van der Waals surface area contributed by atoms with Crippen LogP contribution in [0.4, 0.5) is 0 Å². The molecule has 0 aliphatic rings. The van der Waals surface area contributed by atoms with Gasteiger partial charge in [-0.05, 0) is 18.2 Å². The molecule has 0 bridgehead atoms. The van der Waals surface area contributed by atoms with Crippen molar-refractivity contribution >= 4 is 5.91 Å². The van der Waals surface area contributed by atoms with Gasteiger partial charge in [-0.25, -0.2) is 0 Å². The fourth-order valence-corrected chi connectivity index (χ4v) is 1.55. The van der Waals surface area contributed by atoms with E-state index in [1.807, 2.05) is 0 Å². The number of carbonyl (C=O) groups excluding carboxylic acids is 1. The molecule has 0 fully saturated rings. The highest BCUT2D eigenvalue weighted by atomic mass is 16.5. The topological polar surface area (TPSA) is 88.2 Å². The lowest BCUT2D eigenvalue weighted by atomic mass is 10.1. The number of aromatic nitrogens is 2. The van der Waals surface area contributed by atoms with E-state index in [1.54, 1.807) is 31.2 Å². The van der Waals surface area contributed by atoms with Crippen LogP contribution in [-0.4, -0.2) is 27.8 Å². The van der Waals surface area contributed by atoms with Gasteiger partial charge in [0.2, 0.25) is 5.89 Å².